The van der Waals surface area contributed by atoms with Crippen LogP contribution >= 0.6 is 76.5 Å². The summed E-state index contributed by atoms with van der Waals surface area (Å²) in [7, 11) is 0. The van der Waals surface area contributed by atoms with Crippen LogP contribution in [0.3, 0.4) is 0 Å². The summed E-state index contributed by atoms with van der Waals surface area (Å²) in [4.78, 5) is 0. The van der Waals surface area contributed by atoms with Crippen molar-refractivity contribution in [2.45, 2.75) is 0 Å². The molecule has 0 N–H and O–H groups in total. The van der Waals surface area contributed by atoms with Gasteiger partial charge in [-0.25, -0.2) is 0 Å². The van der Waals surface area contributed by atoms with Gasteiger partial charge >= 0.3 is 0 Å². The highest BCUT2D eigenvalue weighted by molar-refractivity contribution is 9.79. The molecule has 1 aliphatic heterocycles. The van der Waals surface area contributed by atoms with Crippen LogP contribution in [0.1, 0.15) is 0 Å². The molecule has 1 rings (SSSR count). The highest BCUT2D eigenvalue weighted by atomic mass is 79.9. The molecule has 8 heavy (non-hydrogen) atoms. The van der Waals surface area contributed by atoms with Crippen molar-refractivity contribution in [1.29, 1.82) is 0 Å². The van der Waals surface area contributed by atoms with Crippen molar-refractivity contribution < 1.29 is 0 Å². The van der Waals surface area contributed by atoms with E-state index in [2.05, 4.69) is 76.5 Å². The van der Waals surface area contributed by atoms with Crippen LogP contribution in [0.2, 0.25) is 0 Å². The van der Waals surface area contributed by atoms with Crippen molar-refractivity contribution in [3.05, 3.63) is 0 Å². The van der Waals surface area contributed by atoms with Gasteiger partial charge in [0, 0.05) is 0 Å². The standard InChI is InChI=1S/Br5Si3/c1-6-7(2,3)8(6,4)5. The van der Waals surface area contributed by atoms with Crippen LogP contribution in [0.25, 0.3) is 0 Å². The van der Waals surface area contributed by atoms with E-state index in [0.29, 0.717) is 0 Å². The molecule has 0 atom stereocenters. The van der Waals surface area contributed by atoms with Crippen molar-refractivity contribution in [3.63, 3.8) is 0 Å². The first-order valence-corrected chi connectivity index (χ1v) is 21.5. The van der Waals surface area contributed by atoms with E-state index in [1.54, 1.807) is 0 Å². The van der Waals surface area contributed by atoms with Gasteiger partial charge in [-0.15, -0.1) is 76.5 Å². The van der Waals surface area contributed by atoms with Gasteiger partial charge in [-0.05, 0) is 0 Å². The van der Waals surface area contributed by atoms with Crippen LogP contribution in [0.5, 0.6) is 0 Å². The molecule has 1 radical (unpaired) electrons. The van der Waals surface area contributed by atoms with Gasteiger partial charge in [0.1, 0.15) is 0 Å². The van der Waals surface area contributed by atoms with Crippen molar-refractivity contribution in [2.24, 2.45) is 0 Å². The largest absolute Gasteiger partial charge is 0.214 e. The van der Waals surface area contributed by atoms with Crippen LogP contribution in [-0.2, 0) is 0 Å². The minimum atomic E-state index is -1.08. The van der Waals surface area contributed by atoms with Gasteiger partial charge in [0.05, 0.1) is 0 Å². The topological polar surface area (TPSA) is 0 Å². The van der Waals surface area contributed by atoms with Crippen molar-refractivity contribution in [3.8, 4) is 0 Å². The zero-order valence-electron chi connectivity index (χ0n) is 3.39. The van der Waals surface area contributed by atoms with Crippen LogP contribution in [0, 0.1) is 0 Å². The number of hydrogen-bond donors (Lipinski definition) is 0. The molecule has 47 valence electrons. The quantitative estimate of drug-likeness (QED) is 0.367. The second-order valence-corrected chi connectivity index (χ2v) is 65.9. The lowest BCUT2D eigenvalue weighted by atomic mass is 27.0. The molecule has 0 spiro atoms. The smallest absolute Gasteiger partial charge is 0.132 e. The van der Waals surface area contributed by atoms with Crippen molar-refractivity contribution >= 4 is 91.6 Å². The third kappa shape index (κ3) is 1.21. The van der Waals surface area contributed by atoms with Gasteiger partial charge < -0.3 is 0 Å². The van der Waals surface area contributed by atoms with E-state index in [9.17, 15) is 0 Å². The van der Waals surface area contributed by atoms with E-state index < -0.39 is 8.70 Å². The summed E-state index contributed by atoms with van der Waals surface area (Å²) in [6, 6.07) is 0. The summed E-state index contributed by atoms with van der Waals surface area (Å²) in [5.74, 6) is 0. The van der Waals surface area contributed by atoms with Crippen LogP contribution in [-0.4, -0.2) is 15.1 Å². The second-order valence-electron chi connectivity index (χ2n) is 1.46. The fraction of sp³-hybridized carbons (Fsp3) is 0. The Bertz CT molecular complexity index is 103. The Labute approximate surface area is 90.1 Å². The molecule has 0 nitrogen and oxygen atoms in total. The first-order valence-electron chi connectivity index (χ1n) is 1.69. The SMILES string of the molecule is Br[Si]1[Si](Br)(Br)[Si]1(Br)Br. The minimum absolute atomic E-state index is 0.225. The van der Waals surface area contributed by atoms with E-state index in [1.165, 1.54) is 0 Å². The number of hydrogen-bond acceptors (Lipinski definition) is 0. The predicted octanol–water partition coefficient (Wildman–Crippen LogP) is 3.09. The lowest BCUT2D eigenvalue weighted by molar-refractivity contribution is 4.32. The van der Waals surface area contributed by atoms with E-state index in [4.69, 9.17) is 0 Å². The monoisotopic (exact) mass is 479 g/mol. The molecule has 1 fully saturated rings. The van der Waals surface area contributed by atoms with E-state index in [-0.39, 0.29) is 6.45 Å². The summed E-state index contributed by atoms with van der Waals surface area (Å²) >= 11 is 18.4. The fourth-order valence-electron chi connectivity index (χ4n) is 0.261. The molecule has 0 aliphatic carbocycles. The lowest BCUT2D eigenvalue weighted by Gasteiger charge is -1.90. The summed E-state index contributed by atoms with van der Waals surface area (Å²) in [6.45, 7) is -0.225. The lowest BCUT2D eigenvalue weighted by Crippen LogP contribution is -2.07. The van der Waals surface area contributed by atoms with Crippen LogP contribution < -0.4 is 0 Å². The highest BCUT2D eigenvalue weighted by Crippen LogP contribution is 2.60. The van der Waals surface area contributed by atoms with Gasteiger partial charge in [0.15, 0.2) is 6.45 Å². The molecular formula is Br5Si3. The molecule has 0 saturated carbocycles. The summed E-state index contributed by atoms with van der Waals surface area (Å²) in [5, 5.41) is 0. The first-order chi connectivity index (χ1) is 3.40. The van der Waals surface area contributed by atoms with Crippen molar-refractivity contribution in [2.75, 3.05) is 0 Å². The maximum absolute atomic E-state index is 3.69. The first kappa shape index (κ1) is 9.14. The molecule has 0 aromatic carbocycles. The molecule has 0 unspecified atom stereocenters. The fourth-order valence-corrected chi connectivity index (χ4v) is 154. The zero-order chi connectivity index (χ0) is 6.58. The Morgan fingerprint density at radius 3 is 1.00 bits per heavy atom. The van der Waals surface area contributed by atoms with Crippen LogP contribution in [0.4, 0.5) is 0 Å². The van der Waals surface area contributed by atoms with E-state index >= 15 is 0 Å². The predicted molar refractivity (Wildman–Crippen MR) is 61.9 cm³/mol. The average Bonchev–Trinajstić information content (AvgIpc) is 1.88. The number of halogens is 5. The Balaban J connectivity index is 2.72. The Morgan fingerprint density at radius 2 is 1.00 bits per heavy atom. The average molecular weight is 484 g/mol. The Hall–Kier alpha value is 3.05. The molecule has 0 amide bonds. The molecule has 0 aromatic rings. The summed E-state index contributed by atoms with van der Waals surface area (Å²) < 4.78 is -2.15. The highest BCUT2D eigenvalue weighted by Gasteiger charge is 2.79. The minimum Gasteiger partial charge on any atom is -0.132 e. The van der Waals surface area contributed by atoms with Gasteiger partial charge in [-0.2, -0.15) is 0 Å². The molecular weight excluding hydrogens is 484 g/mol. The number of rotatable bonds is 0. The zero-order valence-corrected chi connectivity index (χ0v) is 14.3. The van der Waals surface area contributed by atoms with Gasteiger partial charge in [-0.3, -0.25) is 0 Å². The summed E-state index contributed by atoms with van der Waals surface area (Å²) in [5.41, 5.74) is 0. The van der Waals surface area contributed by atoms with Crippen molar-refractivity contribution in [1.82, 2.24) is 0 Å². The van der Waals surface area contributed by atoms with Crippen LogP contribution in [0.15, 0.2) is 0 Å². The van der Waals surface area contributed by atoms with Gasteiger partial charge in [-0.1, -0.05) is 0 Å². The molecule has 0 aromatic heterocycles. The normalized spacial score (nSPS) is 32.6. The Morgan fingerprint density at radius 1 is 0.875 bits per heavy atom. The molecule has 1 aliphatic rings. The molecule has 1 saturated heterocycles. The third-order valence-electron chi connectivity index (χ3n) is 0.883. The molecule has 1 heterocycles. The molecule has 0 bridgehead atoms. The molecule has 8 heteroatoms. The Kier molecular flexibility index (Phi) is 2.89. The maximum Gasteiger partial charge on any atom is 0.214 e. The van der Waals surface area contributed by atoms with Gasteiger partial charge in [0.2, 0.25) is 8.70 Å². The third-order valence-corrected chi connectivity index (χ3v) is 139. The van der Waals surface area contributed by atoms with E-state index in [1.807, 2.05) is 0 Å². The maximum atomic E-state index is 3.69. The van der Waals surface area contributed by atoms with E-state index in [0.717, 1.165) is 0 Å². The summed E-state index contributed by atoms with van der Waals surface area (Å²) in [6.07, 6.45) is 0. The second kappa shape index (κ2) is 2.53. The van der Waals surface area contributed by atoms with Gasteiger partial charge in [0.25, 0.3) is 0 Å².